The van der Waals surface area contributed by atoms with E-state index in [0.717, 1.165) is 28.2 Å². The van der Waals surface area contributed by atoms with Crippen molar-refractivity contribution in [1.29, 1.82) is 0 Å². The number of anilines is 1. The van der Waals surface area contributed by atoms with Crippen molar-refractivity contribution in [2.24, 2.45) is 5.10 Å². The average molecular weight is 404 g/mol. The number of rotatable bonds is 6. The summed E-state index contributed by atoms with van der Waals surface area (Å²) >= 11 is 1.42. The van der Waals surface area contributed by atoms with E-state index in [1.54, 1.807) is 24.7 Å². The van der Waals surface area contributed by atoms with E-state index >= 15 is 0 Å². The second kappa shape index (κ2) is 8.03. The molecule has 0 unspecified atom stereocenters. The van der Waals surface area contributed by atoms with Gasteiger partial charge >= 0.3 is 0 Å². The molecule has 1 N–H and O–H groups in total. The molecule has 0 atom stereocenters. The Kier molecular flexibility index (Phi) is 5.12. The zero-order chi connectivity index (χ0) is 20.2. The predicted octanol–water partition coefficient (Wildman–Crippen LogP) is 4.74. The predicted molar refractivity (Wildman–Crippen MR) is 114 cm³/mol. The molecule has 2 heterocycles. The number of aromatic nitrogens is 3. The van der Waals surface area contributed by atoms with Crippen LogP contribution in [0.15, 0.2) is 77.7 Å². The molecule has 0 amide bonds. The van der Waals surface area contributed by atoms with Gasteiger partial charge in [-0.15, -0.1) is 11.3 Å². The summed E-state index contributed by atoms with van der Waals surface area (Å²) in [6, 6.07) is 14.3. The Balaban J connectivity index is 1.44. The van der Waals surface area contributed by atoms with Gasteiger partial charge in [-0.2, -0.15) is 5.10 Å². The maximum atomic E-state index is 10.8. The van der Waals surface area contributed by atoms with Gasteiger partial charge in [0.2, 0.25) is 5.13 Å². The highest BCUT2D eigenvalue weighted by Crippen LogP contribution is 2.26. The lowest BCUT2D eigenvalue weighted by atomic mass is 10.1. The first-order valence-electron chi connectivity index (χ1n) is 8.69. The molecule has 2 aromatic heterocycles. The fraction of sp³-hybridized carbons (Fsp3) is 0.0500. The summed E-state index contributed by atoms with van der Waals surface area (Å²) in [5, 5.41) is 17.7. The van der Waals surface area contributed by atoms with Crippen molar-refractivity contribution in [3.63, 3.8) is 0 Å². The number of nitro benzene ring substituents is 1. The topological polar surface area (TPSA) is 98.2 Å². The minimum atomic E-state index is -0.419. The molecule has 2 aromatic carbocycles. The number of thiazole rings is 1. The molecule has 144 valence electrons. The van der Waals surface area contributed by atoms with Gasteiger partial charge < -0.3 is 4.57 Å². The van der Waals surface area contributed by atoms with Crippen molar-refractivity contribution in [2.45, 2.75) is 6.92 Å². The zero-order valence-electron chi connectivity index (χ0n) is 15.4. The van der Waals surface area contributed by atoms with E-state index in [-0.39, 0.29) is 5.69 Å². The molecular weight excluding hydrogens is 388 g/mol. The molecule has 4 rings (SSSR count). The van der Waals surface area contributed by atoms with Gasteiger partial charge in [-0.3, -0.25) is 15.5 Å². The standard InChI is InChI=1S/C20H16N6O2S/c1-14(15-2-6-17(7-3-15)25-11-10-21-13-25)23-24-20-22-19(12-29-20)16-4-8-18(9-5-16)26(27)28/h2-13H,1H3,(H,22,24)/b23-14+. The summed E-state index contributed by atoms with van der Waals surface area (Å²) < 4.78 is 1.93. The minimum Gasteiger partial charge on any atom is -0.306 e. The van der Waals surface area contributed by atoms with E-state index in [2.05, 4.69) is 20.5 Å². The Morgan fingerprint density at radius 1 is 1.17 bits per heavy atom. The fourth-order valence-electron chi connectivity index (χ4n) is 2.69. The van der Waals surface area contributed by atoms with Crippen molar-refractivity contribution < 1.29 is 4.92 Å². The molecular formula is C20H16N6O2S. The molecule has 29 heavy (non-hydrogen) atoms. The van der Waals surface area contributed by atoms with E-state index in [1.807, 2.05) is 47.3 Å². The van der Waals surface area contributed by atoms with Crippen LogP contribution in [0.2, 0.25) is 0 Å². The van der Waals surface area contributed by atoms with E-state index < -0.39 is 4.92 Å². The largest absolute Gasteiger partial charge is 0.306 e. The molecule has 0 saturated heterocycles. The normalized spacial score (nSPS) is 11.4. The molecule has 0 radical (unpaired) electrons. The second-order valence-corrected chi connectivity index (χ2v) is 7.03. The number of imidazole rings is 1. The second-order valence-electron chi connectivity index (χ2n) is 6.17. The van der Waals surface area contributed by atoms with Crippen molar-refractivity contribution in [1.82, 2.24) is 14.5 Å². The van der Waals surface area contributed by atoms with Gasteiger partial charge in [-0.1, -0.05) is 12.1 Å². The smallest absolute Gasteiger partial charge is 0.269 e. The molecule has 0 bridgehead atoms. The van der Waals surface area contributed by atoms with Gasteiger partial charge in [0.25, 0.3) is 5.69 Å². The number of hydrogen-bond donors (Lipinski definition) is 1. The van der Waals surface area contributed by atoms with Crippen LogP contribution in [0.5, 0.6) is 0 Å². The Morgan fingerprint density at radius 2 is 1.93 bits per heavy atom. The highest BCUT2D eigenvalue weighted by molar-refractivity contribution is 7.14. The summed E-state index contributed by atoms with van der Waals surface area (Å²) in [7, 11) is 0. The van der Waals surface area contributed by atoms with E-state index in [4.69, 9.17) is 0 Å². The van der Waals surface area contributed by atoms with Crippen LogP contribution in [-0.2, 0) is 0 Å². The van der Waals surface area contributed by atoms with Crippen LogP contribution >= 0.6 is 11.3 Å². The maximum absolute atomic E-state index is 10.8. The molecule has 9 heteroatoms. The summed E-state index contributed by atoms with van der Waals surface area (Å²) in [6.07, 6.45) is 5.38. The number of benzene rings is 2. The van der Waals surface area contributed by atoms with Crippen molar-refractivity contribution in [3.8, 4) is 16.9 Å². The van der Waals surface area contributed by atoms with Gasteiger partial charge in [-0.05, 0) is 36.8 Å². The molecule has 0 fully saturated rings. The first-order chi connectivity index (χ1) is 14.1. The van der Waals surface area contributed by atoms with Crippen LogP contribution in [0.3, 0.4) is 0 Å². The summed E-state index contributed by atoms with van der Waals surface area (Å²) in [5.74, 6) is 0. The van der Waals surface area contributed by atoms with Gasteiger partial charge in [0, 0.05) is 41.2 Å². The lowest BCUT2D eigenvalue weighted by Crippen LogP contribution is -2.00. The van der Waals surface area contributed by atoms with Crippen LogP contribution in [0.1, 0.15) is 12.5 Å². The van der Waals surface area contributed by atoms with Crippen molar-refractivity contribution in [2.75, 3.05) is 5.43 Å². The number of nitrogens with zero attached hydrogens (tertiary/aromatic N) is 5. The van der Waals surface area contributed by atoms with Crippen molar-refractivity contribution >= 4 is 27.9 Å². The summed E-state index contributed by atoms with van der Waals surface area (Å²) in [6.45, 7) is 1.92. The van der Waals surface area contributed by atoms with Gasteiger partial charge in [-0.25, -0.2) is 9.97 Å². The SMILES string of the molecule is C/C(=N\Nc1nc(-c2ccc([N+](=O)[O-])cc2)cs1)c1ccc(-n2ccnc2)cc1. The number of nitro groups is 1. The molecule has 0 aliphatic rings. The number of non-ortho nitro benzene ring substituents is 1. The van der Waals surface area contributed by atoms with Crippen molar-refractivity contribution in [3.05, 3.63) is 88.3 Å². The Labute approximate surface area is 170 Å². The highest BCUT2D eigenvalue weighted by Gasteiger charge is 2.08. The zero-order valence-corrected chi connectivity index (χ0v) is 16.2. The molecule has 0 spiro atoms. The third-order valence-electron chi connectivity index (χ3n) is 4.28. The van der Waals surface area contributed by atoms with Crippen LogP contribution in [-0.4, -0.2) is 25.2 Å². The summed E-state index contributed by atoms with van der Waals surface area (Å²) in [4.78, 5) is 18.9. The Morgan fingerprint density at radius 3 is 2.59 bits per heavy atom. The number of hydrazone groups is 1. The number of hydrogen-bond acceptors (Lipinski definition) is 7. The quantitative estimate of drug-likeness (QED) is 0.284. The molecule has 0 saturated carbocycles. The maximum Gasteiger partial charge on any atom is 0.269 e. The third-order valence-corrected chi connectivity index (χ3v) is 5.03. The van der Waals surface area contributed by atoms with Crippen LogP contribution < -0.4 is 5.43 Å². The first-order valence-corrected chi connectivity index (χ1v) is 9.57. The number of nitrogens with one attached hydrogen (secondary N) is 1. The molecule has 0 aliphatic heterocycles. The average Bonchev–Trinajstić information content (AvgIpc) is 3.44. The van der Waals surface area contributed by atoms with Gasteiger partial charge in [0.05, 0.1) is 22.7 Å². The molecule has 0 aliphatic carbocycles. The van der Waals surface area contributed by atoms with Crippen LogP contribution in [0, 0.1) is 10.1 Å². The van der Waals surface area contributed by atoms with Gasteiger partial charge in [0.15, 0.2) is 0 Å². The monoisotopic (exact) mass is 404 g/mol. The van der Waals surface area contributed by atoms with E-state index in [9.17, 15) is 10.1 Å². The molecule has 4 aromatic rings. The van der Waals surface area contributed by atoms with Crippen LogP contribution in [0.4, 0.5) is 10.8 Å². The Bertz CT molecular complexity index is 1150. The first kappa shape index (κ1) is 18.5. The highest BCUT2D eigenvalue weighted by atomic mass is 32.1. The fourth-order valence-corrected chi connectivity index (χ4v) is 3.36. The van der Waals surface area contributed by atoms with Gasteiger partial charge in [0.1, 0.15) is 0 Å². The minimum absolute atomic E-state index is 0.0570. The lowest BCUT2D eigenvalue weighted by molar-refractivity contribution is -0.384. The Hall–Kier alpha value is -3.85. The van der Waals surface area contributed by atoms with E-state index in [0.29, 0.717) is 5.13 Å². The van der Waals surface area contributed by atoms with Crippen LogP contribution in [0.25, 0.3) is 16.9 Å². The molecule has 8 nitrogen and oxygen atoms in total. The lowest BCUT2D eigenvalue weighted by Gasteiger charge is -2.05. The summed E-state index contributed by atoms with van der Waals surface area (Å²) in [5.41, 5.74) is 7.44. The third kappa shape index (κ3) is 4.19. The van der Waals surface area contributed by atoms with E-state index in [1.165, 1.54) is 23.5 Å².